The fraction of sp³-hybridized carbons (Fsp3) is 0.500. The van der Waals surface area contributed by atoms with Gasteiger partial charge in [-0.1, -0.05) is 0 Å². The molecule has 20 heavy (non-hydrogen) atoms. The minimum absolute atomic E-state index is 0.0279. The van der Waals surface area contributed by atoms with Gasteiger partial charge in [-0.05, 0) is 31.0 Å². The maximum absolute atomic E-state index is 13.9. The molecule has 108 valence electrons. The lowest BCUT2D eigenvalue weighted by Gasteiger charge is -2.36. The van der Waals surface area contributed by atoms with Crippen LogP contribution >= 0.6 is 0 Å². The highest BCUT2D eigenvalue weighted by Crippen LogP contribution is 2.41. The van der Waals surface area contributed by atoms with Crippen LogP contribution in [0.1, 0.15) is 31.2 Å². The third kappa shape index (κ3) is 2.17. The zero-order valence-corrected chi connectivity index (χ0v) is 10.6. The lowest BCUT2D eigenvalue weighted by Crippen LogP contribution is -2.43. The van der Waals surface area contributed by atoms with Crippen molar-refractivity contribution in [2.24, 2.45) is 0 Å². The number of benzene rings is 1. The first-order valence-electron chi connectivity index (χ1n) is 6.53. The predicted molar refractivity (Wildman–Crippen MR) is 64.9 cm³/mol. The van der Waals surface area contributed by atoms with E-state index >= 15 is 0 Å². The normalized spacial score (nSPS) is 26.2. The Morgan fingerprint density at radius 1 is 1.10 bits per heavy atom. The molecule has 3 rings (SSSR count). The van der Waals surface area contributed by atoms with Crippen molar-refractivity contribution >= 4 is 11.5 Å². The highest BCUT2D eigenvalue weighted by Gasteiger charge is 2.42. The van der Waals surface area contributed by atoms with Crippen LogP contribution in [0.15, 0.2) is 18.2 Å². The molecular weight excluding hydrogens is 274 g/mol. The first-order valence-corrected chi connectivity index (χ1v) is 6.53. The van der Waals surface area contributed by atoms with Crippen molar-refractivity contribution in [3.63, 3.8) is 0 Å². The van der Waals surface area contributed by atoms with Crippen LogP contribution in [0, 0.1) is 5.82 Å². The largest absolute Gasteiger partial charge is 0.416 e. The number of alkyl halides is 3. The van der Waals surface area contributed by atoms with Gasteiger partial charge in [-0.15, -0.1) is 0 Å². The SMILES string of the molecule is O=C1CC2CCC(C1)N2c1cc(C(F)(F)F)ccc1F. The molecule has 6 heteroatoms. The van der Waals surface area contributed by atoms with Crippen molar-refractivity contribution in [2.75, 3.05) is 4.90 Å². The molecule has 2 atom stereocenters. The van der Waals surface area contributed by atoms with Crippen LogP contribution in [0.5, 0.6) is 0 Å². The molecule has 1 aromatic rings. The number of nitrogens with zero attached hydrogens (tertiary/aromatic N) is 1. The lowest BCUT2D eigenvalue weighted by atomic mass is 10.00. The molecule has 2 heterocycles. The predicted octanol–water partition coefficient (Wildman–Crippen LogP) is 3.54. The maximum Gasteiger partial charge on any atom is 0.416 e. The standard InChI is InChI=1S/C14H13F4NO/c15-12-4-1-8(14(16,17)18)5-13(12)19-9-2-3-10(19)7-11(20)6-9/h1,4-5,9-10H,2-3,6-7H2. The van der Waals surface area contributed by atoms with Crippen LogP contribution in [0.4, 0.5) is 23.2 Å². The number of carbonyl (C=O) groups is 1. The molecule has 0 N–H and O–H groups in total. The number of Topliss-reactive ketones (excluding diaryl/α,β-unsaturated/α-hetero) is 1. The number of carbonyl (C=O) groups excluding carboxylic acids is 1. The Labute approximate surface area is 113 Å². The van der Waals surface area contributed by atoms with Crippen molar-refractivity contribution in [3.05, 3.63) is 29.6 Å². The van der Waals surface area contributed by atoms with E-state index < -0.39 is 17.6 Å². The number of anilines is 1. The highest BCUT2D eigenvalue weighted by atomic mass is 19.4. The van der Waals surface area contributed by atoms with Gasteiger partial charge in [-0.2, -0.15) is 13.2 Å². The van der Waals surface area contributed by atoms with E-state index in [0.717, 1.165) is 31.0 Å². The van der Waals surface area contributed by atoms with Crippen LogP contribution in [0.2, 0.25) is 0 Å². The molecule has 0 radical (unpaired) electrons. The summed E-state index contributed by atoms with van der Waals surface area (Å²) in [7, 11) is 0. The smallest absolute Gasteiger partial charge is 0.362 e. The van der Waals surface area contributed by atoms with Crippen molar-refractivity contribution in [2.45, 2.75) is 43.9 Å². The lowest BCUT2D eigenvalue weighted by molar-refractivity contribution is -0.137. The Bertz CT molecular complexity index is 539. The number of halogens is 4. The molecule has 0 amide bonds. The van der Waals surface area contributed by atoms with Gasteiger partial charge in [-0.3, -0.25) is 4.79 Å². The summed E-state index contributed by atoms with van der Waals surface area (Å²) in [6, 6.07) is 2.12. The minimum atomic E-state index is -4.49. The van der Waals surface area contributed by atoms with Crippen molar-refractivity contribution in [3.8, 4) is 0 Å². The van der Waals surface area contributed by atoms with Crippen LogP contribution in [-0.2, 0) is 11.0 Å². The monoisotopic (exact) mass is 287 g/mol. The van der Waals surface area contributed by atoms with E-state index in [1.807, 2.05) is 0 Å². The molecule has 2 bridgehead atoms. The Hall–Kier alpha value is -1.59. The topological polar surface area (TPSA) is 20.3 Å². The third-order valence-electron chi connectivity index (χ3n) is 4.10. The Kier molecular flexibility index (Phi) is 2.99. The number of fused-ring (bicyclic) bond motifs is 2. The van der Waals surface area contributed by atoms with E-state index in [1.165, 1.54) is 0 Å². The fourth-order valence-corrected chi connectivity index (χ4v) is 3.25. The van der Waals surface area contributed by atoms with Gasteiger partial charge < -0.3 is 4.90 Å². The Morgan fingerprint density at radius 3 is 2.25 bits per heavy atom. The molecule has 0 spiro atoms. The van der Waals surface area contributed by atoms with Gasteiger partial charge in [0, 0.05) is 24.9 Å². The van der Waals surface area contributed by atoms with Gasteiger partial charge in [0.1, 0.15) is 11.6 Å². The minimum Gasteiger partial charge on any atom is -0.362 e. The van der Waals surface area contributed by atoms with Crippen LogP contribution in [0.25, 0.3) is 0 Å². The summed E-state index contributed by atoms with van der Waals surface area (Å²) in [4.78, 5) is 13.2. The zero-order valence-electron chi connectivity index (χ0n) is 10.6. The summed E-state index contributed by atoms with van der Waals surface area (Å²) in [5.41, 5.74) is -0.884. The molecule has 2 nitrogen and oxygen atoms in total. The quantitative estimate of drug-likeness (QED) is 0.736. The first kappa shape index (κ1) is 13.4. The Morgan fingerprint density at radius 2 is 1.70 bits per heavy atom. The number of hydrogen-bond donors (Lipinski definition) is 0. The van der Waals surface area contributed by atoms with Crippen molar-refractivity contribution < 1.29 is 22.4 Å². The van der Waals surface area contributed by atoms with Gasteiger partial charge in [0.25, 0.3) is 0 Å². The van der Waals surface area contributed by atoms with Crippen molar-refractivity contribution in [1.82, 2.24) is 0 Å². The number of ketones is 1. The second kappa shape index (κ2) is 4.46. The van der Waals surface area contributed by atoms with E-state index in [-0.39, 0.29) is 23.6 Å². The average molecular weight is 287 g/mol. The second-order valence-corrected chi connectivity index (χ2v) is 5.40. The fourth-order valence-electron chi connectivity index (χ4n) is 3.25. The molecular formula is C14H13F4NO. The average Bonchev–Trinajstić information content (AvgIpc) is 2.61. The summed E-state index contributed by atoms with van der Waals surface area (Å²) < 4.78 is 52.2. The van der Waals surface area contributed by atoms with Gasteiger partial charge in [-0.25, -0.2) is 4.39 Å². The van der Waals surface area contributed by atoms with E-state index in [0.29, 0.717) is 12.8 Å². The molecule has 2 aliphatic heterocycles. The molecule has 0 aliphatic carbocycles. The summed E-state index contributed by atoms with van der Waals surface area (Å²) in [5, 5.41) is 0. The molecule has 2 saturated heterocycles. The zero-order chi connectivity index (χ0) is 14.5. The molecule has 2 unspecified atom stereocenters. The number of hydrogen-bond acceptors (Lipinski definition) is 2. The molecule has 0 saturated carbocycles. The van der Waals surface area contributed by atoms with Gasteiger partial charge >= 0.3 is 6.18 Å². The van der Waals surface area contributed by atoms with E-state index in [4.69, 9.17) is 0 Å². The highest BCUT2D eigenvalue weighted by molar-refractivity contribution is 5.83. The number of rotatable bonds is 1. The molecule has 0 aromatic heterocycles. The second-order valence-electron chi connectivity index (χ2n) is 5.40. The first-order chi connectivity index (χ1) is 9.36. The van der Waals surface area contributed by atoms with Crippen LogP contribution in [-0.4, -0.2) is 17.9 Å². The summed E-state index contributed by atoms with van der Waals surface area (Å²) in [6.07, 6.45) is -2.44. The van der Waals surface area contributed by atoms with E-state index in [2.05, 4.69) is 0 Å². The van der Waals surface area contributed by atoms with Crippen LogP contribution in [0.3, 0.4) is 0 Å². The van der Waals surface area contributed by atoms with Crippen molar-refractivity contribution in [1.29, 1.82) is 0 Å². The summed E-state index contributed by atoms with van der Waals surface area (Å²) >= 11 is 0. The molecule has 2 fully saturated rings. The Balaban J connectivity index is 2.00. The third-order valence-corrected chi connectivity index (χ3v) is 4.10. The van der Waals surface area contributed by atoms with Gasteiger partial charge in [0.05, 0.1) is 11.3 Å². The number of piperidine rings is 1. The maximum atomic E-state index is 13.9. The van der Waals surface area contributed by atoms with E-state index in [1.54, 1.807) is 4.90 Å². The van der Waals surface area contributed by atoms with E-state index in [9.17, 15) is 22.4 Å². The summed E-state index contributed by atoms with van der Waals surface area (Å²) in [6.45, 7) is 0. The molecule has 1 aromatic carbocycles. The van der Waals surface area contributed by atoms with Crippen LogP contribution < -0.4 is 4.90 Å². The van der Waals surface area contributed by atoms with Gasteiger partial charge in [0.15, 0.2) is 0 Å². The van der Waals surface area contributed by atoms with Gasteiger partial charge in [0.2, 0.25) is 0 Å². The summed E-state index contributed by atoms with van der Waals surface area (Å²) in [5.74, 6) is -0.551. The molecule has 2 aliphatic rings.